The Morgan fingerprint density at radius 3 is 2.00 bits per heavy atom. The van der Waals surface area contributed by atoms with Gasteiger partial charge in [0.1, 0.15) is 11.4 Å². The Morgan fingerprint density at radius 1 is 0.970 bits per heavy atom. The fourth-order valence-electron chi connectivity index (χ4n) is 6.00. The summed E-state index contributed by atoms with van der Waals surface area (Å²) < 4.78 is 5.99. The number of nitrogens with zero attached hydrogens (tertiary/aromatic N) is 2. The van der Waals surface area contributed by atoms with Crippen LogP contribution in [0.5, 0.6) is 0 Å². The Labute approximate surface area is 206 Å². The Morgan fingerprint density at radius 2 is 1.48 bits per heavy atom. The van der Waals surface area contributed by atoms with Crippen molar-refractivity contribution < 1.29 is 14.3 Å². The standard InChI is InChI=1S/C25H35Cl2N3O3/c1-18-15-25(16-19(2)33-18,28-21-5-3-20(27)4-6-21)23(32)30-13-9-24(10-14-30)7-11-29(12-8-24)22(31)17-26/h3-6,18-19,28H,7-17H2,1-2H3. The van der Waals surface area contributed by atoms with Gasteiger partial charge in [-0.25, -0.2) is 0 Å². The third kappa shape index (κ3) is 5.44. The Kier molecular flexibility index (Phi) is 7.47. The molecule has 3 heterocycles. The fourth-order valence-corrected chi connectivity index (χ4v) is 6.29. The van der Waals surface area contributed by atoms with E-state index in [2.05, 4.69) is 10.2 Å². The summed E-state index contributed by atoms with van der Waals surface area (Å²) in [6.07, 6.45) is 5.23. The normalized spacial score (nSPS) is 29.7. The molecule has 2 atom stereocenters. The molecule has 182 valence electrons. The number of anilines is 1. The van der Waals surface area contributed by atoms with Crippen LogP contribution in [-0.4, -0.2) is 71.4 Å². The van der Waals surface area contributed by atoms with Crippen molar-refractivity contribution in [1.82, 2.24) is 9.80 Å². The van der Waals surface area contributed by atoms with Crippen molar-refractivity contribution in [2.75, 3.05) is 37.4 Å². The lowest BCUT2D eigenvalue weighted by atomic mass is 9.70. The Balaban J connectivity index is 1.45. The minimum Gasteiger partial charge on any atom is -0.375 e. The lowest BCUT2D eigenvalue weighted by molar-refractivity contribution is -0.147. The van der Waals surface area contributed by atoms with E-state index in [4.69, 9.17) is 27.9 Å². The number of alkyl halides is 1. The van der Waals surface area contributed by atoms with Gasteiger partial charge in [-0.2, -0.15) is 0 Å². The van der Waals surface area contributed by atoms with Crippen LogP contribution in [0.3, 0.4) is 0 Å². The Bertz CT molecular complexity index is 835. The highest BCUT2D eigenvalue weighted by molar-refractivity contribution is 6.30. The maximum Gasteiger partial charge on any atom is 0.248 e. The summed E-state index contributed by atoms with van der Waals surface area (Å²) in [7, 11) is 0. The second-order valence-corrected chi connectivity index (χ2v) is 10.9. The number of carbonyl (C=O) groups excluding carboxylic acids is 2. The summed E-state index contributed by atoms with van der Waals surface area (Å²) in [5.74, 6) is 0.250. The number of piperidine rings is 2. The van der Waals surface area contributed by atoms with E-state index < -0.39 is 5.54 Å². The average Bonchev–Trinajstić information content (AvgIpc) is 2.80. The average molecular weight is 496 g/mol. The molecule has 1 aromatic rings. The predicted molar refractivity (Wildman–Crippen MR) is 132 cm³/mol. The number of likely N-dealkylation sites (tertiary alicyclic amines) is 2. The summed E-state index contributed by atoms with van der Waals surface area (Å²) in [6, 6.07) is 7.56. The van der Waals surface area contributed by atoms with Crippen LogP contribution in [0.15, 0.2) is 24.3 Å². The lowest BCUT2D eigenvalue weighted by Crippen LogP contribution is -2.61. The molecular weight excluding hydrogens is 461 g/mol. The van der Waals surface area contributed by atoms with Gasteiger partial charge < -0.3 is 19.9 Å². The number of benzene rings is 1. The first-order valence-corrected chi connectivity index (χ1v) is 13.0. The molecule has 4 rings (SSSR count). The summed E-state index contributed by atoms with van der Waals surface area (Å²) in [6.45, 7) is 7.15. The molecule has 3 saturated heterocycles. The minimum absolute atomic E-state index is 0.00238. The molecule has 2 amide bonds. The van der Waals surface area contributed by atoms with Gasteiger partial charge in [-0.15, -0.1) is 11.6 Å². The molecule has 1 spiro atoms. The van der Waals surface area contributed by atoms with Gasteiger partial charge in [-0.1, -0.05) is 11.6 Å². The van der Waals surface area contributed by atoms with Crippen LogP contribution in [-0.2, 0) is 14.3 Å². The SMILES string of the molecule is CC1CC(Nc2ccc(Cl)cc2)(C(=O)N2CCC3(CCN(C(=O)CCl)CC3)CC2)CC(C)O1. The summed E-state index contributed by atoms with van der Waals surface area (Å²) in [4.78, 5) is 29.9. The molecule has 8 heteroatoms. The van der Waals surface area contributed by atoms with Gasteiger partial charge in [0, 0.05) is 49.7 Å². The van der Waals surface area contributed by atoms with Gasteiger partial charge in [0.05, 0.1) is 12.2 Å². The highest BCUT2D eigenvalue weighted by atomic mass is 35.5. The third-order valence-corrected chi connectivity index (χ3v) is 8.26. The number of rotatable bonds is 4. The van der Waals surface area contributed by atoms with Crippen LogP contribution in [0.4, 0.5) is 5.69 Å². The van der Waals surface area contributed by atoms with Crippen molar-refractivity contribution in [3.63, 3.8) is 0 Å². The first-order valence-electron chi connectivity index (χ1n) is 12.1. The maximum atomic E-state index is 14.0. The summed E-state index contributed by atoms with van der Waals surface area (Å²) in [5.41, 5.74) is 0.442. The smallest absolute Gasteiger partial charge is 0.248 e. The maximum absolute atomic E-state index is 14.0. The topological polar surface area (TPSA) is 61.9 Å². The molecule has 0 aromatic heterocycles. The lowest BCUT2D eigenvalue weighted by Gasteiger charge is -2.50. The summed E-state index contributed by atoms with van der Waals surface area (Å²) >= 11 is 11.8. The van der Waals surface area contributed by atoms with Crippen molar-refractivity contribution in [2.24, 2.45) is 5.41 Å². The largest absolute Gasteiger partial charge is 0.375 e. The first-order chi connectivity index (χ1) is 15.7. The van der Waals surface area contributed by atoms with Crippen LogP contribution >= 0.6 is 23.2 Å². The molecule has 0 radical (unpaired) electrons. The molecule has 3 fully saturated rings. The molecule has 33 heavy (non-hydrogen) atoms. The van der Waals surface area contributed by atoms with Gasteiger partial charge in [-0.05, 0) is 69.2 Å². The van der Waals surface area contributed by atoms with Crippen LogP contribution < -0.4 is 5.32 Å². The number of ether oxygens (including phenoxy) is 1. The van der Waals surface area contributed by atoms with E-state index >= 15 is 0 Å². The van der Waals surface area contributed by atoms with Crippen molar-refractivity contribution in [1.29, 1.82) is 0 Å². The molecular formula is C25H35Cl2N3O3. The van der Waals surface area contributed by atoms with E-state index in [1.165, 1.54) is 0 Å². The fraction of sp³-hybridized carbons (Fsp3) is 0.680. The van der Waals surface area contributed by atoms with Crippen LogP contribution in [0.25, 0.3) is 0 Å². The molecule has 0 aliphatic carbocycles. The van der Waals surface area contributed by atoms with E-state index in [0.29, 0.717) is 17.9 Å². The molecule has 3 aliphatic heterocycles. The van der Waals surface area contributed by atoms with E-state index in [1.54, 1.807) is 0 Å². The molecule has 0 saturated carbocycles. The number of hydrogen-bond acceptors (Lipinski definition) is 4. The highest BCUT2D eigenvalue weighted by Gasteiger charge is 2.48. The quantitative estimate of drug-likeness (QED) is 0.622. The van der Waals surface area contributed by atoms with Crippen molar-refractivity contribution in [3.05, 3.63) is 29.3 Å². The predicted octanol–water partition coefficient (Wildman–Crippen LogP) is 4.55. The van der Waals surface area contributed by atoms with E-state index in [-0.39, 0.29) is 35.3 Å². The number of carbonyl (C=O) groups is 2. The van der Waals surface area contributed by atoms with Gasteiger partial charge in [0.15, 0.2) is 0 Å². The minimum atomic E-state index is -0.689. The first kappa shape index (κ1) is 24.6. The number of hydrogen-bond donors (Lipinski definition) is 1. The third-order valence-electron chi connectivity index (χ3n) is 7.78. The summed E-state index contributed by atoms with van der Waals surface area (Å²) in [5, 5.41) is 4.26. The molecule has 1 N–H and O–H groups in total. The van der Waals surface area contributed by atoms with Crippen LogP contribution in [0.1, 0.15) is 52.4 Å². The molecule has 2 unspecified atom stereocenters. The van der Waals surface area contributed by atoms with Crippen molar-refractivity contribution in [3.8, 4) is 0 Å². The zero-order valence-corrected chi connectivity index (χ0v) is 21.1. The number of amides is 2. The molecule has 0 bridgehead atoms. The van der Waals surface area contributed by atoms with E-state index in [9.17, 15) is 9.59 Å². The second-order valence-electron chi connectivity index (χ2n) is 10.2. The zero-order chi connectivity index (χ0) is 23.6. The van der Waals surface area contributed by atoms with Gasteiger partial charge >= 0.3 is 0 Å². The number of nitrogens with one attached hydrogen (secondary N) is 1. The van der Waals surface area contributed by atoms with Gasteiger partial charge in [0.2, 0.25) is 11.8 Å². The van der Waals surface area contributed by atoms with Crippen LogP contribution in [0, 0.1) is 5.41 Å². The monoisotopic (exact) mass is 495 g/mol. The van der Waals surface area contributed by atoms with Crippen LogP contribution in [0.2, 0.25) is 5.02 Å². The highest BCUT2D eigenvalue weighted by Crippen LogP contribution is 2.43. The van der Waals surface area contributed by atoms with Gasteiger partial charge in [-0.3, -0.25) is 9.59 Å². The van der Waals surface area contributed by atoms with E-state index in [0.717, 1.165) is 57.5 Å². The second kappa shape index (κ2) is 10.0. The van der Waals surface area contributed by atoms with E-state index in [1.807, 2.05) is 43.0 Å². The molecule has 1 aromatic carbocycles. The zero-order valence-electron chi connectivity index (χ0n) is 19.6. The Hall–Kier alpha value is -1.50. The molecule has 6 nitrogen and oxygen atoms in total. The number of halogens is 2. The van der Waals surface area contributed by atoms with Gasteiger partial charge in [0.25, 0.3) is 0 Å². The molecule has 3 aliphatic rings. The van der Waals surface area contributed by atoms with Crippen molar-refractivity contribution >= 4 is 40.7 Å². The van der Waals surface area contributed by atoms with Crippen molar-refractivity contribution in [2.45, 2.75) is 70.1 Å².